The second-order valence-corrected chi connectivity index (χ2v) is 4.70. The first-order chi connectivity index (χ1) is 9.99. The van der Waals surface area contributed by atoms with Gasteiger partial charge in [0.2, 0.25) is 0 Å². The zero-order valence-corrected chi connectivity index (χ0v) is 11.0. The van der Waals surface area contributed by atoms with E-state index in [1.54, 1.807) is 18.2 Å². The molecular formula is C15H10N2O4. The van der Waals surface area contributed by atoms with Crippen LogP contribution in [-0.2, 0) is 0 Å². The van der Waals surface area contributed by atoms with E-state index >= 15 is 0 Å². The average Bonchev–Trinajstić information content (AvgIpc) is 2.70. The Bertz CT molecular complexity index is 781. The third kappa shape index (κ3) is 1.97. The molecule has 2 aromatic rings. The van der Waals surface area contributed by atoms with Crippen LogP contribution in [0.3, 0.4) is 0 Å². The molecule has 1 aromatic carbocycles. The van der Waals surface area contributed by atoms with Crippen LogP contribution in [0.2, 0.25) is 0 Å². The summed E-state index contributed by atoms with van der Waals surface area (Å²) in [6, 6.07) is 7.67. The smallest absolute Gasteiger partial charge is 0.337 e. The summed E-state index contributed by atoms with van der Waals surface area (Å²) in [7, 11) is 0. The monoisotopic (exact) mass is 282 g/mol. The molecule has 21 heavy (non-hydrogen) atoms. The molecule has 0 radical (unpaired) electrons. The number of benzene rings is 1. The number of carboxylic acids is 1. The van der Waals surface area contributed by atoms with E-state index in [-0.39, 0.29) is 11.4 Å². The molecule has 0 fully saturated rings. The van der Waals surface area contributed by atoms with Gasteiger partial charge in [-0.2, -0.15) is 0 Å². The molecule has 0 bridgehead atoms. The minimum absolute atomic E-state index is 0.00814. The molecule has 1 aliphatic rings. The van der Waals surface area contributed by atoms with E-state index in [0.29, 0.717) is 11.1 Å². The molecule has 0 aliphatic carbocycles. The van der Waals surface area contributed by atoms with Crippen molar-refractivity contribution in [3.05, 3.63) is 58.8 Å². The Labute approximate surface area is 119 Å². The lowest BCUT2D eigenvalue weighted by atomic mass is 10.1. The second kappa shape index (κ2) is 4.52. The van der Waals surface area contributed by atoms with Gasteiger partial charge in [-0.15, -0.1) is 0 Å². The van der Waals surface area contributed by atoms with Gasteiger partial charge in [0.15, 0.2) is 0 Å². The first kappa shape index (κ1) is 13.0. The summed E-state index contributed by atoms with van der Waals surface area (Å²) in [6.45, 7) is 1.83. The van der Waals surface area contributed by atoms with Gasteiger partial charge in [0.25, 0.3) is 11.8 Å². The van der Waals surface area contributed by atoms with E-state index in [1.165, 1.54) is 12.1 Å². The van der Waals surface area contributed by atoms with Crippen molar-refractivity contribution >= 4 is 23.6 Å². The fraction of sp³-hybridized carbons (Fsp3) is 0.0667. The highest BCUT2D eigenvalue weighted by Crippen LogP contribution is 2.27. The first-order valence-electron chi connectivity index (χ1n) is 6.18. The number of carbonyl (C=O) groups is 3. The number of hydrogen-bond acceptors (Lipinski definition) is 4. The van der Waals surface area contributed by atoms with Crippen molar-refractivity contribution in [1.82, 2.24) is 4.98 Å². The molecule has 0 atom stereocenters. The Morgan fingerprint density at radius 1 is 1.10 bits per heavy atom. The van der Waals surface area contributed by atoms with Gasteiger partial charge in [0, 0.05) is 6.20 Å². The van der Waals surface area contributed by atoms with Crippen molar-refractivity contribution in [2.75, 3.05) is 4.90 Å². The van der Waals surface area contributed by atoms with Crippen LogP contribution in [0.5, 0.6) is 0 Å². The number of fused-ring (bicyclic) bond motifs is 1. The van der Waals surface area contributed by atoms with Crippen LogP contribution in [0.4, 0.5) is 5.82 Å². The van der Waals surface area contributed by atoms with Crippen LogP contribution in [-0.4, -0.2) is 27.9 Å². The fourth-order valence-corrected chi connectivity index (χ4v) is 2.21. The van der Waals surface area contributed by atoms with Gasteiger partial charge in [-0.1, -0.05) is 11.6 Å². The van der Waals surface area contributed by atoms with Crippen molar-refractivity contribution in [1.29, 1.82) is 0 Å². The van der Waals surface area contributed by atoms with Gasteiger partial charge in [-0.3, -0.25) is 9.59 Å². The maximum atomic E-state index is 12.3. The molecule has 3 rings (SSSR count). The van der Waals surface area contributed by atoms with E-state index in [2.05, 4.69) is 4.98 Å². The lowest BCUT2D eigenvalue weighted by Gasteiger charge is -2.12. The van der Waals surface area contributed by atoms with Gasteiger partial charge in [0.05, 0.1) is 16.7 Å². The van der Waals surface area contributed by atoms with E-state index in [9.17, 15) is 14.4 Å². The normalized spacial score (nSPS) is 13.5. The summed E-state index contributed by atoms with van der Waals surface area (Å²) < 4.78 is 0. The molecular weight excluding hydrogens is 272 g/mol. The molecule has 1 aliphatic heterocycles. The molecule has 2 heterocycles. The highest BCUT2D eigenvalue weighted by Gasteiger charge is 2.37. The quantitative estimate of drug-likeness (QED) is 0.850. The number of nitrogens with zero attached hydrogens (tertiary/aromatic N) is 2. The van der Waals surface area contributed by atoms with Crippen LogP contribution in [0.15, 0.2) is 36.5 Å². The van der Waals surface area contributed by atoms with Crippen molar-refractivity contribution < 1.29 is 19.5 Å². The minimum Gasteiger partial charge on any atom is -0.478 e. The predicted molar refractivity (Wildman–Crippen MR) is 73.5 cm³/mol. The summed E-state index contributed by atoms with van der Waals surface area (Å²) in [6.07, 6.45) is 1.12. The average molecular weight is 282 g/mol. The van der Waals surface area contributed by atoms with Gasteiger partial charge in [-0.25, -0.2) is 14.7 Å². The van der Waals surface area contributed by atoms with Crippen LogP contribution in [0.25, 0.3) is 0 Å². The standard InChI is InChI=1S/C15H10N2O4/c1-8-2-4-10-11(6-8)14(19)17(13(10)18)12-5-3-9(7-16-12)15(20)21/h2-7H,1H3,(H,20,21). The van der Waals surface area contributed by atoms with Crippen LogP contribution < -0.4 is 4.90 Å². The number of pyridine rings is 1. The predicted octanol–water partition coefficient (Wildman–Crippen LogP) is 1.89. The number of carboxylic acid groups (broad SMARTS) is 1. The molecule has 0 saturated heterocycles. The van der Waals surface area contributed by atoms with Crippen molar-refractivity contribution in [2.45, 2.75) is 6.92 Å². The fourth-order valence-electron chi connectivity index (χ4n) is 2.21. The van der Waals surface area contributed by atoms with E-state index in [4.69, 9.17) is 5.11 Å². The Balaban J connectivity index is 2.03. The molecule has 0 spiro atoms. The molecule has 0 saturated carbocycles. The molecule has 0 unspecified atom stereocenters. The maximum Gasteiger partial charge on any atom is 0.337 e. The lowest BCUT2D eigenvalue weighted by Crippen LogP contribution is -2.30. The van der Waals surface area contributed by atoms with E-state index in [0.717, 1.165) is 16.7 Å². The SMILES string of the molecule is Cc1ccc2c(c1)C(=O)N(c1ccc(C(=O)O)cn1)C2=O. The summed E-state index contributed by atoms with van der Waals surface area (Å²) in [5.74, 6) is -1.91. The van der Waals surface area contributed by atoms with E-state index in [1.807, 2.05) is 6.92 Å². The Kier molecular flexibility index (Phi) is 2.79. The topological polar surface area (TPSA) is 87.6 Å². The van der Waals surface area contributed by atoms with Crippen LogP contribution >= 0.6 is 0 Å². The second-order valence-electron chi connectivity index (χ2n) is 4.70. The summed E-state index contributed by atoms with van der Waals surface area (Å²) in [5, 5.41) is 8.83. The zero-order valence-electron chi connectivity index (χ0n) is 11.0. The number of anilines is 1. The number of amides is 2. The first-order valence-corrected chi connectivity index (χ1v) is 6.18. The third-order valence-corrected chi connectivity index (χ3v) is 3.27. The van der Waals surface area contributed by atoms with Gasteiger partial charge in [-0.05, 0) is 31.2 Å². The largest absolute Gasteiger partial charge is 0.478 e. The number of aromatic carboxylic acids is 1. The van der Waals surface area contributed by atoms with Crippen LogP contribution in [0.1, 0.15) is 36.6 Å². The summed E-state index contributed by atoms with van der Waals surface area (Å²) in [4.78, 5) is 40.3. The summed E-state index contributed by atoms with van der Waals surface area (Å²) in [5.41, 5.74) is 1.54. The Hall–Kier alpha value is -3.02. The molecule has 2 amide bonds. The van der Waals surface area contributed by atoms with E-state index < -0.39 is 17.8 Å². The molecule has 104 valence electrons. The number of imide groups is 1. The number of hydrogen-bond donors (Lipinski definition) is 1. The highest BCUT2D eigenvalue weighted by atomic mass is 16.4. The highest BCUT2D eigenvalue weighted by molar-refractivity contribution is 6.34. The van der Waals surface area contributed by atoms with Crippen molar-refractivity contribution in [3.8, 4) is 0 Å². The molecule has 6 nitrogen and oxygen atoms in total. The Morgan fingerprint density at radius 2 is 1.81 bits per heavy atom. The third-order valence-electron chi connectivity index (χ3n) is 3.27. The number of aromatic nitrogens is 1. The Morgan fingerprint density at radius 3 is 2.43 bits per heavy atom. The number of aryl methyl sites for hydroxylation is 1. The number of rotatable bonds is 2. The van der Waals surface area contributed by atoms with Gasteiger partial charge < -0.3 is 5.11 Å². The van der Waals surface area contributed by atoms with Crippen molar-refractivity contribution in [2.24, 2.45) is 0 Å². The molecule has 6 heteroatoms. The maximum absolute atomic E-state index is 12.3. The van der Waals surface area contributed by atoms with Crippen molar-refractivity contribution in [3.63, 3.8) is 0 Å². The lowest BCUT2D eigenvalue weighted by molar-refractivity contribution is 0.0696. The molecule has 1 N–H and O–H groups in total. The van der Waals surface area contributed by atoms with Crippen LogP contribution in [0, 0.1) is 6.92 Å². The molecule has 1 aromatic heterocycles. The number of carbonyl (C=O) groups excluding carboxylic acids is 2. The van der Waals surface area contributed by atoms with Gasteiger partial charge in [0.1, 0.15) is 5.82 Å². The zero-order chi connectivity index (χ0) is 15.1. The summed E-state index contributed by atoms with van der Waals surface area (Å²) >= 11 is 0. The van der Waals surface area contributed by atoms with Gasteiger partial charge >= 0.3 is 5.97 Å². The minimum atomic E-state index is -1.12.